The van der Waals surface area contributed by atoms with Crippen LogP contribution in [-0.2, 0) is 0 Å². The van der Waals surface area contributed by atoms with E-state index < -0.39 is 0 Å². The first-order valence-electron chi connectivity index (χ1n) is 4.89. The standard InChI is InChI=1S/C13H20N2/c1-10(8-12(3)14)6-7-11(2)9-13(4)15-5/h6-9H,5,14H2,1-4H3/b10-6+,11-7-,12-8+,13-9+. The fraction of sp³-hybridized carbons (Fsp3) is 0.308. The first-order valence-corrected chi connectivity index (χ1v) is 4.89. The third kappa shape index (κ3) is 7.50. The maximum atomic E-state index is 5.57. The van der Waals surface area contributed by atoms with Gasteiger partial charge in [0.15, 0.2) is 0 Å². The van der Waals surface area contributed by atoms with Crippen LogP contribution in [0.2, 0.25) is 0 Å². The maximum absolute atomic E-state index is 5.57. The molecular formula is C13H20N2. The molecule has 0 aromatic carbocycles. The highest BCUT2D eigenvalue weighted by molar-refractivity contribution is 5.33. The Labute approximate surface area is 92.6 Å². The molecule has 0 atom stereocenters. The molecule has 2 nitrogen and oxygen atoms in total. The molecule has 2 N–H and O–H groups in total. The second-order valence-corrected chi connectivity index (χ2v) is 3.65. The van der Waals surface area contributed by atoms with Gasteiger partial charge in [-0.2, -0.15) is 0 Å². The van der Waals surface area contributed by atoms with Crippen LogP contribution in [0.1, 0.15) is 27.7 Å². The Morgan fingerprint density at radius 2 is 1.47 bits per heavy atom. The van der Waals surface area contributed by atoms with Gasteiger partial charge in [-0.1, -0.05) is 12.2 Å². The van der Waals surface area contributed by atoms with E-state index in [1.54, 1.807) is 0 Å². The Balaban J connectivity index is 4.65. The molecule has 0 unspecified atom stereocenters. The van der Waals surface area contributed by atoms with Gasteiger partial charge in [0.05, 0.1) is 0 Å². The molecule has 0 aliphatic rings. The average Bonchev–Trinajstić information content (AvgIpc) is 2.13. The minimum absolute atomic E-state index is 0.814. The fourth-order valence-electron chi connectivity index (χ4n) is 1.09. The van der Waals surface area contributed by atoms with Crippen LogP contribution in [0.5, 0.6) is 0 Å². The molecule has 0 aliphatic carbocycles. The highest BCUT2D eigenvalue weighted by Crippen LogP contribution is 2.04. The first-order chi connectivity index (χ1) is 6.95. The van der Waals surface area contributed by atoms with Crippen LogP contribution in [-0.4, -0.2) is 6.72 Å². The maximum Gasteiger partial charge on any atom is 0.0368 e. The minimum atomic E-state index is 0.814. The van der Waals surface area contributed by atoms with Crippen LogP contribution < -0.4 is 5.73 Å². The average molecular weight is 204 g/mol. The number of allylic oxidation sites excluding steroid dienone is 8. The second kappa shape index (κ2) is 6.82. The van der Waals surface area contributed by atoms with Crippen molar-refractivity contribution >= 4 is 6.72 Å². The largest absolute Gasteiger partial charge is 0.402 e. The topological polar surface area (TPSA) is 38.4 Å². The van der Waals surface area contributed by atoms with Crippen molar-refractivity contribution in [3.05, 3.63) is 46.8 Å². The SMILES string of the molecule is C=N/C(C)=C/C(C)=C\C=C(C)\C=C(/C)N. The van der Waals surface area contributed by atoms with Crippen molar-refractivity contribution in [3.8, 4) is 0 Å². The van der Waals surface area contributed by atoms with Gasteiger partial charge in [0.2, 0.25) is 0 Å². The van der Waals surface area contributed by atoms with E-state index in [-0.39, 0.29) is 0 Å². The molecule has 0 fully saturated rings. The summed E-state index contributed by atoms with van der Waals surface area (Å²) in [4.78, 5) is 3.82. The molecular weight excluding hydrogens is 184 g/mol. The highest BCUT2D eigenvalue weighted by atomic mass is 14.7. The molecule has 0 radical (unpaired) electrons. The monoisotopic (exact) mass is 204 g/mol. The van der Waals surface area contributed by atoms with Gasteiger partial charge in [-0.05, 0) is 57.7 Å². The number of rotatable bonds is 4. The molecule has 0 aromatic heterocycles. The van der Waals surface area contributed by atoms with Crippen molar-refractivity contribution in [3.63, 3.8) is 0 Å². The van der Waals surface area contributed by atoms with Crippen LogP contribution >= 0.6 is 0 Å². The zero-order valence-electron chi connectivity index (χ0n) is 10.0. The van der Waals surface area contributed by atoms with Crippen molar-refractivity contribution in [2.75, 3.05) is 0 Å². The lowest BCUT2D eigenvalue weighted by atomic mass is 10.2. The van der Waals surface area contributed by atoms with Crippen LogP contribution in [0.15, 0.2) is 51.8 Å². The summed E-state index contributed by atoms with van der Waals surface area (Å²) in [6.07, 6.45) is 7.98. The summed E-state index contributed by atoms with van der Waals surface area (Å²) in [5.41, 5.74) is 9.57. The van der Waals surface area contributed by atoms with E-state index in [0.29, 0.717) is 0 Å². The summed E-state index contributed by atoms with van der Waals surface area (Å²) < 4.78 is 0. The second-order valence-electron chi connectivity index (χ2n) is 3.65. The van der Waals surface area contributed by atoms with E-state index in [2.05, 4.69) is 11.7 Å². The van der Waals surface area contributed by atoms with Gasteiger partial charge >= 0.3 is 0 Å². The molecule has 0 heterocycles. The van der Waals surface area contributed by atoms with Crippen LogP contribution in [0, 0.1) is 0 Å². The summed E-state index contributed by atoms with van der Waals surface area (Å²) in [6, 6.07) is 0. The Kier molecular flexibility index (Phi) is 6.11. The number of nitrogens with two attached hydrogens (primary N) is 1. The van der Waals surface area contributed by atoms with E-state index in [9.17, 15) is 0 Å². The Morgan fingerprint density at radius 3 is 1.87 bits per heavy atom. The zero-order chi connectivity index (χ0) is 11.8. The highest BCUT2D eigenvalue weighted by Gasteiger charge is 1.85. The summed E-state index contributed by atoms with van der Waals surface area (Å²) in [6.45, 7) is 11.3. The Morgan fingerprint density at radius 1 is 1.00 bits per heavy atom. The molecule has 0 rings (SSSR count). The molecule has 0 bridgehead atoms. The van der Waals surface area contributed by atoms with Gasteiger partial charge in [-0.15, -0.1) is 0 Å². The third-order valence-electron chi connectivity index (χ3n) is 1.75. The van der Waals surface area contributed by atoms with Crippen molar-refractivity contribution in [1.29, 1.82) is 0 Å². The molecule has 0 aliphatic heterocycles. The lowest BCUT2D eigenvalue weighted by molar-refractivity contribution is 1.28. The van der Waals surface area contributed by atoms with Crippen LogP contribution in [0.4, 0.5) is 0 Å². The van der Waals surface area contributed by atoms with Gasteiger partial charge in [0.1, 0.15) is 0 Å². The summed E-state index contributed by atoms with van der Waals surface area (Å²) in [7, 11) is 0. The van der Waals surface area contributed by atoms with Gasteiger partial charge in [0, 0.05) is 11.4 Å². The van der Waals surface area contributed by atoms with Gasteiger partial charge < -0.3 is 5.73 Å². The van der Waals surface area contributed by atoms with E-state index in [1.165, 1.54) is 0 Å². The van der Waals surface area contributed by atoms with Crippen molar-refractivity contribution in [1.82, 2.24) is 0 Å². The summed E-state index contributed by atoms with van der Waals surface area (Å²) >= 11 is 0. The molecule has 0 aromatic rings. The smallest absolute Gasteiger partial charge is 0.0368 e. The number of nitrogens with zero attached hydrogens (tertiary/aromatic N) is 1. The number of hydrogen-bond donors (Lipinski definition) is 1. The van der Waals surface area contributed by atoms with Gasteiger partial charge in [-0.25, -0.2) is 0 Å². The lowest BCUT2D eigenvalue weighted by Gasteiger charge is -1.94. The lowest BCUT2D eigenvalue weighted by Crippen LogP contribution is -1.89. The molecule has 15 heavy (non-hydrogen) atoms. The minimum Gasteiger partial charge on any atom is -0.402 e. The molecule has 0 saturated carbocycles. The van der Waals surface area contributed by atoms with E-state index in [1.807, 2.05) is 52.0 Å². The van der Waals surface area contributed by atoms with Gasteiger partial charge in [0.25, 0.3) is 0 Å². The zero-order valence-corrected chi connectivity index (χ0v) is 10.0. The van der Waals surface area contributed by atoms with E-state index in [0.717, 1.165) is 22.5 Å². The molecule has 2 heteroatoms. The fourth-order valence-corrected chi connectivity index (χ4v) is 1.09. The van der Waals surface area contributed by atoms with Crippen LogP contribution in [0.25, 0.3) is 0 Å². The predicted octanol–water partition coefficient (Wildman–Crippen LogP) is 3.35. The summed E-state index contributed by atoms with van der Waals surface area (Å²) in [5.74, 6) is 0. The molecule has 82 valence electrons. The Bertz CT molecular complexity index is 338. The molecule has 0 saturated heterocycles. The quantitative estimate of drug-likeness (QED) is 0.553. The molecule has 0 amide bonds. The van der Waals surface area contributed by atoms with E-state index >= 15 is 0 Å². The number of hydrogen-bond acceptors (Lipinski definition) is 2. The van der Waals surface area contributed by atoms with Crippen molar-refractivity contribution < 1.29 is 0 Å². The number of aliphatic imine (C=N–C) groups is 1. The third-order valence-corrected chi connectivity index (χ3v) is 1.75. The first kappa shape index (κ1) is 13.4. The van der Waals surface area contributed by atoms with Gasteiger partial charge in [-0.3, -0.25) is 4.99 Å². The van der Waals surface area contributed by atoms with E-state index in [4.69, 9.17) is 5.73 Å². The normalized spacial score (nSPS) is 15.5. The van der Waals surface area contributed by atoms with Crippen molar-refractivity contribution in [2.24, 2.45) is 10.7 Å². The Hall–Kier alpha value is -1.57. The predicted molar refractivity (Wildman–Crippen MR) is 68.8 cm³/mol. The molecule has 0 spiro atoms. The summed E-state index contributed by atoms with van der Waals surface area (Å²) in [5, 5.41) is 0. The van der Waals surface area contributed by atoms with Crippen LogP contribution in [0.3, 0.4) is 0 Å². The van der Waals surface area contributed by atoms with Crippen molar-refractivity contribution in [2.45, 2.75) is 27.7 Å².